The van der Waals surface area contributed by atoms with Gasteiger partial charge in [0.15, 0.2) is 5.75 Å². The third kappa shape index (κ3) is 5.31. The van der Waals surface area contributed by atoms with E-state index in [1.54, 1.807) is 0 Å². The minimum absolute atomic E-state index is 0.0872. The Hall–Kier alpha value is -1.41. The maximum atomic E-state index is 11.8. The molecule has 0 atom stereocenters. The van der Waals surface area contributed by atoms with Crippen molar-refractivity contribution in [3.8, 4) is 5.75 Å². The summed E-state index contributed by atoms with van der Waals surface area (Å²) < 4.78 is 7.28. The van der Waals surface area contributed by atoms with Gasteiger partial charge >= 0.3 is 0 Å². The fourth-order valence-corrected chi connectivity index (χ4v) is 2.74. The van der Waals surface area contributed by atoms with Crippen molar-refractivity contribution in [3.63, 3.8) is 0 Å². The van der Waals surface area contributed by atoms with Gasteiger partial charge in [0.1, 0.15) is 0 Å². The molecule has 1 fully saturated rings. The Labute approximate surface area is 136 Å². The molecule has 0 radical (unpaired) electrons. The molecular weight excluding hydrogens is 298 g/mol. The monoisotopic (exact) mass is 325 g/mol. The second-order valence-electron chi connectivity index (χ2n) is 5.75. The minimum Gasteiger partial charge on any atom is -0.503 e. The van der Waals surface area contributed by atoms with Crippen LogP contribution in [0.3, 0.4) is 0 Å². The normalized spacial score (nSPS) is 16.1. The zero-order valence-corrected chi connectivity index (χ0v) is 13.8. The van der Waals surface area contributed by atoms with Gasteiger partial charge in [-0.2, -0.15) is 0 Å². The first-order valence-corrected chi connectivity index (χ1v) is 8.19. The summed E-state index contributed by atoms with van der Waals surface area (Å²) in [6.07, 6.45) is 1.52. The third-order valence-electron chi connectivity index (χ3n) is 4.21. The lowest BCUT2D eigenvalue weighted by molar-refractivity contribution is 0.0362. The number of hydrogen-bond donors (Lipinski definition) is 2. The summed E-state index contributed by atoms with van der Waals surface area (Å²) in [5.41, 5.74) is 0.499. The molecule has 23 heavy (non-hydrogen) atoms. The summed E-state index contributed by atoms with van der Waals surface area (Å²) in [6, 6.07) is 1.49. The van der Waals surface area contributed by atoms with E-state index in [1.165, 1.54) is 12.3 Å². The van der Waals surface area contributed by atoms with Gasteiger partial charge in [-0.3, -0.25) is 14.6 Å². The van der Waals surface area contributed by atoms with Gasteiger partial charge < -0.3 is 19.5 Å². The van der Waals surface area contributed by atoms with Gasteiger partial charge in [-0.1, -0.05) is 6.92 Å². The summed E-state index contributed by atoms with van der Waals surface area (Å²) in [7, 11) is 0. The lowest BCUT2D eigenvalue weighted by Gasteiger charge is -2.28. The Morgan fingerprint density at radius 3 is 2.70 bits per heavy atom. The number of morpholine rings is 1. The van der Waals surface area contributed by atoms with Crippen LogP contribution in [0.1, 0.15) is 12.6 Å². The van der Waals surface area contributed by atoms with Gasteiger partial charge in [0.2, 0.25) is 5.43 Å². The largest absolute Gasteiger partial charge is 0.503 e. The molecule has 2 heterocycles. The number of nitrogens with zero attached hydrogens (tertiary/aromatic N) is 3. The summed E-state index contributed by atoms with van der Waals surface area (Å²) in [6.45, 7) is 8.93. The van der Waals surface area contributed by atoms with Crippen LogP contribution < -0.4 is 5.43 Å². The molecule has 0 saturated carbocycles. The lowest BCUT2D eigenvalue weighted by atomic mass is 10.2. The summed E-state index contributed by atoms with van der Waals surface area (Å²) >= 11 is 0. The van der Waals surface area contributed by atoms with Crippen LogP contribution in [0.15, 0.2) is 17.1 Å². The van der Waals surface area contributed by atoms with E-state index in [4.69, 9.17) is 9.84 Å². The average molecular weight is 325 g/mol. The topological polar surface area (TPSA) is 78.2 Å². The second-order valence-corrected chi connectivity index (χ2v) is 5.75. The van der Waals surface area contributed by atoms with Gasteiger partial charge in [0.25, 0.3) is 0 Å². The van der Waals surface area contributed by atoms with E-state index in [-0.39, 0.29) is 17.8 Å². The molecule has 1 aromatic heterocycles. The number of aromatic nitrogens is 1. The average Bonchev–Trinajstić information content (AvgIpc) is 2.57. The molecular formula is C16H27N3O4. The Bertz CT molecular complexity index is 541. The fourth-order valence-electron chi connectivity index (χ4n) is 2.74. The zero-order chi connectivity index (χ0) is 16.7. The van der Waals surface area contributed by atoms with Crippen molar-refractivity contribution in [2.24, 2.45) is 0 Å². The molecule has 0 spiro atoms. The Morgan fingerprint density at radius 1 is 1.30 bits per heavy atom. The van der Waals surface area contributed by atoms with Crippen LogP contribution >= 0.6 is 0 Å². The van der Waals surface area contributed by atoms with E-state index in [9.17, 15) is 9.90 Å². The number of hydrogen-bond acceptors (Lipinski definition) is 6. The summed E-state index contributed by atoms with van der Waals surface area (Å²) in [4.78, 5) is 16.1. The van der Waals surface area contributed by atoms with Crippen LogP contribution in [0.4, 0.5) is 0 Å². The van der Waals surface area contributed by atoms with Crippen LogP contribution in [0.5, 0.6) is 5.75 Å². The Kier molecular flexibility index (Phi) is 7.04. The van der Waals surface area contributed by atoms with Crippen molar-refractivity contribution in [2.45, 2.75) is 20.0 Å². The summed E-state index contributed by atoms with van der Waals surface area (Å²) in [5.74, 6) is -0.221. The first-order valence-electron chi connectivity index (χ1n) is 8.19. The van der Waals surface area contributed by atoms with Crippen LogP contribution in [0.2, 0.25) is 0 Å². The Balaban J connectivity index is 2.09. The number of aliphatic hydroxyl groups is 1. The van der Waals surface area contributed by atoms with Crippen molar-refractivity contribution < 1.29 is 14.9 Å². The lowest BCUT2D eigenvalue weighted by Crippen LogP contribution is -2.38. The maximum absolute atomic E-state index is 11.8. The molecule has 1 saturated heterocycles. The highest BCUT2D eigenvalue weighted by Gasteiger charge is 2.13. The quantitative estimate of drug-likeness (QED) is 0.683. The predicted octanol–water partition coefficient (Wildman–Crippen LogP) is -0.300. The van der Waals surface area contributed by atoms with Crippen molar-refractivity contribution in [3.05, 3.63) is 28.2 Å². The molecule has 0 aromatic carbocycles. The number of rotatable bonds is 8. The number of aromatic hydroxyl groups is 1. The Morgan fingerprint density at radius 2 is 2.04 bits per heavy atom. The van der Waals surface area contributed by atoms with Crippen LogP contribution in [0, 0.1) is 0 Å². The van der Waals surface area contributed by atoms with Gasteiger partial charge in [-0.05, 0) is 6.54 Å². The zero-order valence-electron chi connectivity index (χ0n) is 13.8. The first-order chi connectivity index (χ1) is 11.1. The maximum Gasteiger partial charge on any atom is 0.223 e. The van der Waals surface area contributed by atoms with E-state index in [0.717, 1.165) is 45.1 Å². The molecule has 1 aliphatic heterocycles. The van der Waals surface area contributed by atoms with Crippen molar-refractivity contribution >= 4 is 0 Å². The molecule has 7 heteroatoms. The first kappa shape index (κ1) is 17.9. The third-order valence-corrected chi connectivity index (χ3v) is 4.21. The van der Waals surface area contributed by atoms with Gasteiger partial charge in [-0.15, -0.1) is 0 Å². The SMILES string of the molecule is CCN(CCO)Cc1cc(=O)c(O)cn1CCN1CCOCC1. The summed E-state index contributed by atoms with van der Waals surface area (Å²) in [5, 5.41) is 18.9. The molecule has 130 valence electrons. The number of aliphatic hydroxyl groups excluding tert-OH is 1. The molecule has 1 aromatic rings. The van der Waals surface area contributed by atoms with Gasteiger partial charge in [-0.25, -0.2) is 0 Å². The number of pyridine rings is 1. The molecule has 0 aliphatic carbocycles. The highest BCUT2D eigenvalue weighted by atomic mass is 16.5. The smallest absolute Gasteiger partial charge is 0.223 e. The van der Waals surface area contributed by atoms with Crippen LogP contribution in [-0.2, 0) is 17.8 Å². The molecule has 1 aliphatic rings. The van der Waals surface area contributed by atoms with E-state index in [1.807, 2.05) is 11.5 Å². The van der Waals surface area contributed by atoms with Crippen molar-refractivity contribution in [1.82, 2.24) is 14.4 Å². The molecule has 0 amide bonds. The molecule has 2 N–H and O–H groups in total. The standard InChI is InChI=1S/C16H27N3O4/c1-2-17(5-8-20)12-14-11-15(21)16(22)13-19(14)4-3-18-6-9-23-10-7-18/h11,13,20,22H,2-10,12H2,1H3. The predicted molar refractivity (Wildman–Crippen MR) is 87.7 cm³/mol. The fraction of sp³-hybridized carbons (Fsp3) is 0.688. The van der Waals surface area contributed by atoms with E-state index >= 15 is 0 Å². The second kappa shape index (κ2) is 9.02. The highest BCUT2D eigenvalue weighted by Crippen LogP contribution is 2.09. The van der Waals surface area contributed by atoms with E-state index in [0.29, 0.717) is 19.6 Å². The molecule has 2 rings (SSSR count). The molecule has 7 nitrogen and oxygen atoms in total. The molecule has 0 unspecified atom stereocenters. The number of ether oxygens (including phenoxy) is 1. The molecule has 0 bridgehead atoms. The van der Waals surface area contributed by atoms with Gasteiger partial charge in [0.05, 0.1) is 26.0 Å². The van der Waals surface area contributed by atoms with E-state index in [2.05, 4.69) is 9.80 Å². The minimum atomic E-state index is -0.359. The van der Waals surface area contributed by atoms with Crippen molar-refractivity contribution in [1.29, 1.82) is 0 Å². The van der Waals surface area contributed by atoms with Crippen LogP contribution in [-0.4, -0.2) is 77.1 Å². The van der Waals surface area contributed by atoms with E-state index < -0.39 is 0 Å². The number of likely N-dealkylation sites (N-methyl/N-ethyl adjacent to an activating group) is 1. The van der Waals surface area contributed by atoms with Crippen molar-refractivity contribution in [2.75, 3.05) is 52.5 Å². The van der Waals surface area contributed by atoms with Crippen LogP contribution in [0.25, 0.3) is 0 Å². The van der Waals surface area contributed by atoms with Gasteiger partial charge in [0, 0.05) is 51.0 Å². The highest BCUT2D eigenvalue weighted by molar-refractivity contribution is 5.20.